The van der Waals surface area contributed by atoms with Crippen molar-refractivity contribution in [2.24, 2.45) is 5.92 Å². The first-order valence-corrected chi connectivity index (χ1v) is 7.26. The van der Waals surface area contributed by atoms with E-state index >= 15 is 0 Å². The molecule has 0 aromatic heterocycles. The van der Waals surface area contributed by atoms with Gasteiger partial charge in [0, 0.05) is 43.5 Å². The fourth-order valence-electron chi connectivity index (χ4n) is 3.01. The monoisotopic (exact) mass is 277 g/mol. The van der Waals surface area contributed by atoms with Gasteiger partial charge in [0.25, 0.3) is 5.69 Å². The van der Waals surface area contributed by atoms with Gasteiger partial charge in [0.15, 0.2) is 0 Å². The second kappa shape index (κ2) is 6.22. The normalized spacial score (nSPS) is 22.9. The van der Waals surface area contributed by atoms with Crippen LogP contribution >= 0.6 is 0 Å². The zero-order valence-corrected chi connectivity index (χ0v) is 12.4. The van der Waals surface area contributed by atoms with Gasteiger partial charge < -0.3 is 5.32 Å². The molecule has 5 heteroatoms. The molecule has 0 bridgehead atoms. The summed E-state index contributed by atoms with van der Waals surface area (Å²) in [6.45, 7) is 9.18. The lowest BCUT2D eigenvalue weighted by Gasteiger charge is -2.22. The van der Waals surface area contributed by atoms with Gasteiger partial charge in [-0.05, 0) is 37.8 Å². The number of nitrogens with one attached hydrogen (secondary N) is 1. The predicted molar refractivity (Wildman–Crippen MR) is 80.9 cm³/mol. The highest BCUT2D eigenvalue weighted by Gasteiger charge is 2.26. The second-order valence-electron chi connectivity index (χ2n) is 5.75. The van der Waals surface area contributed by atoms with Crippen LogP contribution in [0.4, 0.5) is 11.4 Å². The zero-order valence-electron chi connectivity index (χ0n) is 12.4. The molecule has 1 aromatic carbocycles. The Morgan fingerprint density at radius 3 is 2.75 bits per heavy atom. The van der Waals surface area contributed by atoms with Crippen molar-refractivity contribution in [1.29, 1.82) is 0 Å². The van der Waals surface area contributed by atoms with E-state index in [0.29, 0.717) is 12.0 Å². The van der Waals surface area contributed by atoms with Crippen molar-refractivity contribution in [3.05, 3.63) is 33.9 Å². The van der Waals surface area contributed by atoms with Crippen molar-refractivity contribution in [2.75, 3.05) is 18.4 Å². The number of nitro groups is 1. The van der Waals surface area contributed by atoms with Crippen LogP contribution < -0.4 is 5.32 Å². The van der Waals surface area contributed by atoms with Crippen LogP contribution in [0.1, 0.15) is 32.8 Å². The van der Waals surface area contributed by atoms with Crippen molar-refractivity contribution in [3.63, 3.8) is 0 Å². The average Bonchev–Trinajstić information content (AvgIpc) is 2.70. The summed E-state index contributed by atoms with van der Waals surface area (Å²) in [7, 11) is 0. The first-order valence-electron chi connectivity index (χ1n) is 7.26. The van der Waals surface area contributed by atoms with E-state index in [-0.39, 0.29) is 10.6 Å². The Bertz CT molecular complexity index is 490. The number of nitrogens with zero attached hydrogens (tertiary/aromatic N) is 2. The van der Waals surface area contributed by atoms with Crippen molar-refractivity contribution < 1.29 is 4.92 Å². The highest BCUT2D eigenvalue weighted by Crippen LogP contribution is 2.28. The largest absolute Gasteiger partial charge is 0.385 e. The summed E-state index contributed by atoms with van der Waals surface area (Å²) in [6, 6.07) is 5.63. The van der Waals surface area contributed by atoms with E-state index < -0.39 is 0 Å². The van der Waals surface area contributed by atoms with Crippen LogP contribution in [-0.2, 0) is 6.54 Å². The van der Waals surface area contributed by atoms with Gasteiger partial charge >= 0.3 is 0 Å². The summed E-state index contributed by atoms with van der Waals surface area (Å²) in [6.07, 6.45) is 1.20. The highest BCUT2D eigenvalue weighted by atomic mass is 16.6. The smallest absolute Gasteiger partial charge is 0.269 e. The van der Waals surface area contributed by atoms with E-state index in [4.69, 9.17) is 0 Å². The molecule has 2 rings (SSSR count). The number of anilines is 1. The van der Waals surface area contributed by atoms with Crippen LogP contribution in [0, 0.1) is 16.0 Å². The van der Waals surface area contributed by atoms with Crippen molar-refractivity contribution in [3.8, 4) is 0 Å². The maximum atomic E-state index is 10.9. The zero-order chi connectivity index (χ0) is 14.7. The Morgan fingerprint density at radius 1 is 1.45 bits per heavy atom. The van der Waals surface area contributed by atoms with Gasteiger partial charge in [-0.1, -0.05) is 6.92 Å². The third kappa shape index (κ3) is 3.28. The third-order valence-electron chi connectivity index (χ3n) is 3.95. The summed E-state index contributed by atoms with van der Waals surface area (Å²) in [5.41, 5.74) is 2.19. The summed E-state index contributed by atoms with van der Waals surface area (Å²) in [5.74, 6) is 0.700. The Labute approximate surface area is 120 Å². The third-order valence-corrected chi connectivity index (χ3v) is 3.95. The van der Waals surface area contributed by atoms with Crippen LogP contribution in [0.15, 0.2) is 18.2 Å². The fourth-order valence-corrected chi connectivity index (χ4v) is 3.01. The fraction of sp³-hybridized carbons (Fsp3) is 0.600. The summed E-state index contributed by atoms with van der Waals surface area (Å²) in [5, 5.41) is 14.2. The molecule has 0 saturated carbocycles. The molecule has 20 heavy (non-hydrogen) atoms. The number of likely N-dealkylation sites (tertiary alicyclic amines) is 1. The molecule has 1 aliphatic heterocycles. The quantitative estimate of drug-likeness (QED) is 0.663. The van der Waals surface area contributed by atoms with Gasteiger partial charge in [0.1, 0.15) is 0 Å². The van der Waals surface area contributed by atoms with Crippen LogP contribution in [0.5, 0.6) is 0 Å². The number of benzene rings is 1. The molecular formula is C15H23N3O2. The lowest BCUT2D eigenvalue weighted by molar-refractivity contribution is -0.384. The maximum absolute atomic E-state index is 10.9. The number of non-ortho nitro benzene ring substituents is 1. The van der Waals surface area contributed by atoms with Crippen LogP contribution in [0.3, 0.4) is 0 Å². The molecule has 5 nitrogen and oxygen atoms in total. The van der Waals surface area contributed by atoms with E-state index in [1.54, 1.807) is 12.1 Å². The SMILES string of the molecule is CCNc1ccc([N+](=O)[O-])cc1CN1CC(C)CC1C. The van der Waals surface area contributed by atoms with Gasteiger partial charge in [-0.15, -0.1) is 0 Å². The topological polar surface area (TPSA) is 58.4 Å². The van der Waals surface area contributed by atoms with Crippen LogP contribution in [0.2, 0.25) is 0 Å². The molecule has 1 aromatic rings. The van der Waals surface area contributed by atoms with E-state index in [1.165, 1.54) is 6.42 Å². The first-order chi connectivity index (χ1) is 9.51. The van der Waals surface area contributed by atoms with E-state index in [2.05, 4.69) is 24.1 Å². The number of rotatable bonds is 5. The summed E-state index contributed by atoms with van der Waals surface area (Å²) in [4.78, 5) is 13.0. The molecule has 0 spiro atoms. The standard InChI is InChI=1S/C15H23N3O2/c1-4-16-15-6-5-14(18(19)20)8-13(15)10-17-9-11(2)7-12(17)3/h5-6,8,11-12,16H,4,7,9-10H2,1-3H3. The molecular weight excluding hydrogens is 254 g/mol. The van der Waals surface area contributed by atoms with Crippen LogP contribution in [-0.4, -0.2) is 29.0 Å². The highest BCUT2D eigenvalue weighted by molar-refractivity contribution is 5.56. The molecule has 1 N–H and O–H groups in total. The Kier molecular flexibility index (Phi) is 4.60. The van der Waals surface area contributed by atoms with Crippen LogP contribution in [0.25, 0.3) is 0 Å². The Morgan fingerprint density at radius 2 is 2.20 bits per heavy atom. The summed E-state index contributed by atoms with van der Waals surface area (Å²) < 4.78 is 0. The van der Waals surface area contributed by atoms with E-state index in [0.717, 1.165) is 30.9 Å². The number of nitro benzene ring substituents is 1. The van der Waals surface area contributed by atoms with Gasteiger partial charge in [0.2, 0.25) is 0 Å². The minimum Gasteiger partial charge on any atom is -0.385 e. The second-order valence-corrected chi connectivity index (χ2v) is 5.75. The molecule has 0 radical (unpaired) electrons. The molecule has 0 amide bonds. The lowest BCUT2D eigenvalue weighted by atomic mass is 10.1. The average molecular weight is 277 g/mol. The molecule has 1 heterocycles. The van der Waals surface area contributed by atoms with Crippen molar-refractivity contribution in [2.45, 2.75) is 39.8 Å². The van der Waals surface area contributed by atoms with Gasteiger partial charge in [-0.2, -0.15) is 0 Å². The molecule has 110 valence electrons. The minimum absolute atomic E-state index is 0.168. The molecule has 0 aliphatic carbocycles. The first kappa shape index (κ1) is 14.8. The number of hydrogen-bond acceptors (Lipinski definition) is 4. The van der Waals surface area contributed by atoms with Gasteiger partial charge in [0.05, 0.1) is 4.92 Å². The van der Waals surface area contributed by atoms with Gasteiger partial charge in [-0.25, -0.2) is 0 Å². The molecule has 2 atom stereocenters. The van der Waals surface area contributed by atoms with Gasteiger partial charge in [-0.3, -0.25) is 15.0 Å². The minimum atomic E-state index is -0.324. The Balaban J connectivity index is 2.23. The van der Waals surface area contributed by atoms with Crippen molar-refractivity contribution >= 4 is 11.4 Å². The van der Waals surface area contributed by atoms with E-state index in [1.807, 2.05) is 13.0 Å². The molecule has 2 unspecified atom stereocenters. The maximum Gasteiger partial charge on any atom is 0.269 e. The molecule has 1 saturated heterocycles. The number of hydrogen-bond donors (Lipinski definition) is 1. The molecule has 1 aliphatic rings. The summed E-state index contributed by atoms with van der Waals surface area (Å²) >= 11 is 0. The van der Waals surface area contributed by atoms with E-state index in [9.17, 15) is 10.1 Å². The lowest BCUT2D eigenvalue weighted by Crippen LogP contribution is -2.27. The predicted octanol–water partition coefficient (Wildman–Crippen LogP) is 3.26. The van der Waals surface area contributed by atoms with Crippen molar-refractivity contribution in [1.82, 2.24) is 4.90 Å². The molecule has 1 fully saturated rings. The Hall–Kier alpha value is -1.62.